The second kappa shape index (κ2) is 10.7. The summed E-state index contributed by atoms with van der Waals surface area (Å²) < 4.78 is 11.7. The van der Waals surface area contributed by atoms with E-state index in [9.17, 15) is 0 Å². The van der Waals surface area contributed by atoms with Crippen LogP contribution in [0.5, 0.6) is 5.75 Å². The fraction of sp³-hybridized carbons (Fsp3) is 0.161. The molecule has 1 saturated heterocycles. The molecule has 37 heavy (non-hydrogen) atoms. The van der Waals surface area contributed by atoms with E-state index in [1.165, 1.54) is 5.69 Å². The Morgan fingerprint density at radius 2 is 1.59 bits per heavy atom. The summed E-state index contributed by atoms with van der Waals surface area (Å²) in [6.07, 6.45) is 1.60. The zero-order chi connectivity index (χ0) is 24.9. The molecule has 5 aromatic rings. The van der Waals surface area contributed by atoms with Crippen LogP contribution >= 0.6 is 0 Å². The largest absolute Gasteiger partial charge is 0.488 e. The van der Waals surface area contributed by atoms with Gasteiger partial charge in [0.05, 0.1) is 18.7 Å². The number of ether oxygens (including phenoxy) is 2. The number of hydrogen-bond donors (Lipinski definition) is 1. The van der Waals surface area contributed by atoms with Gasteiger partial charge in [-0.05, 0) is 53.6 Å². The lowest BCUT2D eigenvalue weighted by Gasteiger charge is -2.28. The molecular weight excluding hydrogens is 460 g/mol. The van der Waals surface area contributed by atoms with Crippen LogP contribution in [-0.4, -0.2) is 36.3 Å². The van der Waals surface area contributed by atoms with E-state index in [0.717, 1.165) is 71.2 Å². The molecule has 0 unspecified atom stereocenters. The van der Waals surface area contributed by atoms with Gasteiger partial charge in [-0.1, -0.05) is 54.6 Å². The second-order valence-corrected chi connectivity index (χ2v) is 9.00. The molecule has 6 rings (SSSR count). The summed E-state index contributed by atoms with van der Waals surface area (Å²) in [6.45, 7) is 3.90. The lowest BCUT2D eigenvalue weighted by Crippen LogP contribution is -2.36. The number of hydrogen-bond acceptors (Lipinski definition) is 6. The molecule has 0 aliphatic carbocycles. The summed E-state index contributed by atoms with van der Waals surface area (Å²) >= 11 is 0. The van der Waals surface area contributed by atoms with Crippen LogP contribution in [0.3, 0.4) is 0 Å². The zero-order valence-electron chi connectivity index (χ0n) is 20.5. The lowest BCUT2D eigenvalue weighted by molar-refractivity contribution is 0.122. The minimum atomic E-state index is 0.516. The van der Waals surface area contributed by atoms with Gasteiger partial charge in [0, 0.05) is 35.4 Å². The minimum Gasteiger partial charge on any atom is -0.488 e. The van der Waals surface area contributed by atoms with Gasteiger partial charge in [0.15, 0.2) is 0 Å². The van der Waals surface area contributed by atoms with Gasteiger partial charge >= 0.3 is 0 Å². The maximum Gasteiger partial charge on any atom is 0.141 e. The Morgan fingerprint density at radius 3 is 2.43 bits per heavy atom. The molecule has 1 aliphatic rings. The van der Waals surface area contributed by atoms with Crippen molar-refractivity contribution in [3.05, 3.63) is 109 Å². The number of nitrogens with one attached hydrogen (secondary N) is 1. The van der Waals surface area contributed by atoms with E-state index in [0.29, 0.717) is 6.61 Å². The van der Waals surface area contributed by atoms with Crippen LogP contribution in [0.1, 0.15) is 5.56 Å². The zero-order valence-corrected chi connectivity index (χ0v) is 20.5. The third-order valence-electron chi connectivity index (χ3n) is 6.58. The third-order valence-corrected chi connectivity index (χ3v) is 6.58. The highest BCUT2D eigenvalue weighted by Gasteiger charge is 2.13. The number of fused-ring (bicyclic) bond motifs is 1. The SMILES string of the molecule is c1ccc(COc2ccccc2-c2ccc3ncnc(Nc4ccc(N5CCOCC5)cc4)c3c2)cc1. The van der Waals surface area contributed by atoms with Crippen molar-refractivity contribution >= 4 is 28.1 Å². The number of morpholine rings is 1. The highest BCUT2D eigenvalue weighted by Crippen LogP contribution is 2.34. The van der Waals surface area contributed by atoms with Crippen LogP contribution in [0, 0.1) is 0 Å². The van der Waals surface area contributed by atoms with Crippen LogP contribution in [-0.2, 0) is 11.3 Å². The first-order valence-electron chi connectivity index (χ1n) is 12.5. The van der Waals surface area contributed by atoms with Gasteiger partial charge in [0.1, 0.15) is 24.5 Å². The molecule has 1 N–H and O–H groups in total. The van der Waals surface area contributed by atoms with Crippen LogP contribution < -0.4 is 15.0 Å². The standard InChI is InChI=1S/C31H28N4O2/c1-2-6-23(7-3-1)21-37-30-9-5-4-8-27(30)24-10-15-29-28(20-24)31(33-22-32-29)34-25-11-13-26(14-12-25)35-16-18-36-19-17-35/h1-15,20,22H,16-19,21H2,(H,32,33,34). The second-order valence-electron chi connectivity index (χ2n) is 9.00. The number of rotatable bonds is 7. The molecule has 0 amide bonds. The van der Waals surface area contributed by atoms with Gasteiger partial charge in [0.25, 0.3) is 0 Å². The van der Waals surface area contributed by atoms with Gasteiger partial charge in [0.2, 0.25) is 0 Å². The Balaban J connectivity index is 1.27. The van der Waals surface area contributed by atoms with Crippen molar-refractivity contribution in [3.63, 3.8) is 0 Å². The molecule has 0 bridgehead atoms. The van der Waals surface area contributed by atoms with Crippen molar-refractivity contribution in [3.8, 4) is 16.9 Å². The highest BCUT2D eigenvalue weighted by molar-refractivity contribution is 5.94. The summed E-state index contributed by atoms with van der Waals surface area (Å²) in [5.74, 6) is 1.62. The smallest absolute Gasteiger partial charge is 0.141 e. The number of aromatic nitrogens is 2. The molecule has 0 radical (unpaired) electrons. The molecule has 6 nitrogen and oxygen atoms in total. The van der Waals surface area contributed by atoms with Crippen LogP contribution in [0.15, 0.2) is 103 Å². The number of benzene rings is 4. The summed E-state index contributed by atoms with van der Waals surface area (Å²) in [5.41, 5.74) is 6.29. The first kappa shape index (κ1) is 23.0. The van der Waals surface area contributed by atoms with Gasteiger partial charge in [-0.3, -0.25) is 0 Å². The normalized spacial score (nSPS) is 13.5. The molecule has 0 spiro atoms. The van der Waals surface area contributed by atoms with Crippen molar-refractivity contribution < 1.29 is 9.47 Å². The van der Waals surface area contributed by atoms with E-state index < -0.39 is 0 Å². The van der Waals surface area contributed by atoms with E-state index in [1.807, 2.05) is 42.5 Å². The average Bonchev–Trinajstić information content (AvgIpc) is 2.98. The highest BCUT2D eigenvalue weighted by atomic mass is 16.5. The summed E-state index contributed by atoms with van der Waals surface area (Å²) in [6, 6.07) is 33.1. The first-order chi connectivity index (χ1) is 18.3. The van der Waals surface area contributed by atoms with Crippen LogP contribution in [0.4, 0.5) is 17.2 Å². The fourth-order valence-electron chi connectivity index (χ4n) is 4.60. The van der Waals surface area contributed by atoms with E-state index in [1.54, 1.807) is 6.33 Å². The molecule has 1 aliphatic heterocycles. The quantitative estimate of drug-likeness (QED) is 0.284. The van der Waals surface area contributed by atoms with E-state index >= 15 is 0 Å². The van der Waals surface area contributed by atoms with Crippen molar-refractivity contribution in [2.45, 2.75) is 6.61 Å². The molecule has 1 fully saturated rings. The summed E-state index contributed by atoms with van der Waals surface area (Å²) in [4.78, 5) is 11.4. The molecule has 0 atom stereocenters. The average molecular weight is 489 g/mol. The predicted molar refractivity (Wildman–Crippen MR) is 149 cm³/mol. The maximum absolute atomic E-state index is 6.22. The third kappa shape index (κ3) is 5.25. The van der Waals surface area contributed by atoms with Gasteiger partial charge in [-0.2, -0.15) is 0 Å². The Kier molecular flexibility index (Phi) is 6.64. The Labute approximate surface area is 216 Å². The molecule has 4 aromatic carbocycles. The molecule has 0 saturated carbocycles. The van der Waals surface area contributed by atoms with Crippen molar-refractivity contribution in [1.29, 1.82) is 0 Å². The summed E-state index contributed by atoms with van der Waals surface area (Å²) in [7, 11) is 0. The number of nitrogens with zero attached hydrogens (tertiary/aromatic N) is 3. The van der Waals surface area contributed by atoms with Crippen LogP contribution in [0.2, 0.25) is 0 Å². The molecular formula is C31H28N4O2. The monoisotopic (exact) mass is 488 g/mol. The van der Waals surface area contributed by atoms with Gasteiger partial charge in [-0.15, -0.1) is 0 Å². The fourth-order valence-corrected chi connectivity index (χ4v) is 4.60. The first-order valence-corrected chi connectivity index (χ1v) is 12.5. The van der Waals surface area contributed by atoms with E-state index in [4.69, 9.17) is 9.47 Å². The molecule has 2 heterocycles. The Hall–Kier alpha value is -4.42. The Bertz CT molecular complexity index is 1480. The molecule has 1 aromatic heterocycles. The van der Waals surface area contributed by atoms with Crippen molar-refractivity contribution in [1.82, 2.24) is 9.97 Å². The number of para-hydroxylation sites is 1. The summed E-state index contributed by atoms with van der Waals surface area (Å²) in [5, 5.41) is 4.45. The van der Waals surface area contributed by atoms with Gasteiger partial charge < -0.3 is 19.7 Å². The van der Waals surface area contributed by atoms with E-state index in [-0.39, 0.29) is 0 Å². The van der Waals surface area contributed by atoms with Gasteiger partial charge in [-0.25, -0.2) is 9.97 Å². The lowest BCUT2D eigenvalue weighted by atomic mass is 10.0. The topological polar surface area (TPSA) is 59.5 Å². The van der Waals surface area contributed by atoms with Crippen molar-refractivity contribution in [2.24, 2.45) is 0 Å². The van der Waals surface area contributed by atoms with E-state index in [2.05, 4.69) is 74.8 Å². The maximum atomic E-state index is 6.22. The van der Waals surface area contributed by atoms with Crippen LogP contribution in [0.25, 0.3) is 22.0 Å². The predicted octanol–water partition coefficient (Wildman–Crippen LogP) is 6.46. The molecule has 6 heteroatoms. The van der Waals surface area contributed by atoms with Crippen molar-refractivity contribution in [2.75, 3.05) is 36.5 Å². The molecule has 184 valence electrons. The minimum absolute atomic E-state index is 0.516. The Morgan fingerprint density at radius 1 is 0.811 bits per heavy atom. The number of anilines is 3.